The molecule has 0 saturated heterocycles. The van der Waals surface area contributed by atoms with Crippen LogP contribution in [0.15, 0.2) is 97.6 Å². The van der Waals surface area contributed by atoms with Crippen molar-refractivity contribution in [2.45, 2.75) is 19.6 Å². The molecule has 4 nitrogen and oxygen atoms in total. The van der Waals surface area contributed by atoms with Gasteiger partial charge < -0.3 is 14.6 Å². The van der Waals surface area contributed by atoms with Crippen LogP contribution in [0.25, 0.3) is 22.3 Å². The van der Waals surface area contributed by atoms with Crippen LogP contribution in [0.4, 0.5) is 0 Å². The summed E-state index contributed by atoms with van der Waals surface area (Å²) >= 11 is 0. The molecule has 0 aliphatic carbocycles. The maximum atomic E-state index is 11.1. The van der Waals surface area contributed by atoms with Crippen molar-refractivity contribution < 1.29 is 19.4 Å². The van der Waals surface area contributed by atoms with Crippen LogP contribution in [0, 0.1) is 0 Å². The average molecular weight is 415 g/mol. The van der Waals surface area contributed by atoms with Gasteiger partial charge in [-0.3, -0.25) is 0 Å². The molecule has 4 heteroatoms. The number of ether oxygens (including phenoxy) is 2. The van der Waals surface area contributed by atoms with E-state index in [2.05, 4.69) is 43.5 Å². The SMILES string of the molecule is C=CC(=O)OCCc1ccc(-c2cccc(-c3ccc(OC(O)C(=C)C)cc3)c2)cc1. The number of carbonyl (C=O) groups is 1. The summed E-state index contributed by atoms with van der Waals surface area (Å²) < 4.78 is 10.5. The molecule has 0 bridgehead atoms. The Morgan fingerprint density at radius 3 is 2.10 bits per heavy atom. The molecule has 0 amide bonds. The van der Waals surface area contributed by atoms with Gasteiger partial charge in [-0.05, 0) is 58.5 Å². The van der Waals surface area contributed by atoms with Crippen molar-refractivity contribution in [3.63, 3.8) is 0 Å². The van der Waals surface area contributed by atoms with Gasteiger partial charge in [0.1, 0.15) is 5.75 Å². The van der Waals surface area contributed by atoms with E-state index in [-0.39, 0.29) is 0 Å². The molecule has 3 aromatic carbocycles. The van der Waals surface area contributed by atoms with E-state index >= 15 is 0 Å². The molecule has 1 unspecified atom stereocenters. The van der Waals surface area contributed by atoms with Crippen LogP contribution >= 0.6 is 0 Å². The molecule has 0 heterocycles. The van der Waals surface area contributed by atoms with Crippen molar-refractivity contribution in [3.05, 3.63) is 103 Å². The third kappa shape index (κ3) is 6.17. The van der Waals surface area contributed by atoms with E-state index in [4.69, 9.17) is 9.47 Å². The highest BCUT2D eigenvalue weighted by Crippen LogP contribution is 2.28. The summed E-state index contributed by atoms with van der Waals surface area (Å²) in [5, 5.41) is 9.78. The number of hydrogen-bond acceptors (Lipinski definition) is 4. The first-order chi connectivity index (χ1) is 15.0. The second-order valence-corrected chi connectivity index (χ2v) is 7.24. The molecule has 1 atom stereocenters. The van der Waals surface area contributed by atoms with Crippen LogP contribution in [-0.4, -0.2) is 24.0 Å². The zero-order chi connectivity index (χ0) is 22.2. The molecule has 31 heavy (non-hydrogen) atoms. The minimum absolute atomic E-state index is 0.336. The van der Waals surface area contributed by atoms with Crippen LogP contribution in [0.2, 0.25) is 0 Å². The Hall–Kier alpha value is -3.63. The standard InChI is InChI=1S/C27H26O4/c1-4-26(28)30-17-16-20-8-10-21(11-9-20)23-6-5-7-24(18-23)22-12-14-25(15-13-22)31-27(29)19(2)3/h4-15,18,27,29H,1-2,16-17H2,3H3. The maximum Gasteiger partial charge on any atom is 0.330 e. The number of aliphatic hydroxyl groups is 1. The summed E-state index contributed by atoms with van der Waals surface area (Å²) in [6, 6.07) is 24.1. The minimum Gasteiger partial charge on any atom is -0.462 e. The highest BCUT2D eigenvalue weighted by Gasteiger charge is 2.07. The molecule has 0 spiro atoms. The summed E-state index contributed by atoms with van der Waals surface area (Å²) in [6.07, 6.45) is 0.822. The Balaban J connectivity index is 1.69. The van der Waals surface area contributed by atoms with E-state index in [9.17, 15) is 9.90 Å². The summed E-state index contributed by atoms with van der Waals surface area (Å²) in [5.41, 5.74) is 6.02. The largest absolute Gasteiger partial charge is 0.462 e. The maximum absolute atomic E-state index is 11.1. The summed E-state index contributed by atoms with van der Waals surface area (Å²) in [4.78, 5) is 11.1. The summed E-state index contributed by atoms with van der Waals surface area (Å²) in [6.45, 7) is 9.13. The quantitative estimate of drug-likeness (QED) is 0.215. The van der Waals surface area contributed by atoms with E-state index < -0.39 is 12.3 Å². The molecular formula is C27H26O4. The number of hydrogen-bond donors (Lipinski definition) is 1. The van der Waals surface area contributed by atoms with Crippen LogP contribution in [0.5, 0.6) is 5.75 Å². The Bertz CT molecular complexity index is 1050. The van der Waals surface area contributed by atoms with Crippen molar-refractivity contribution >= 4 is 5.97 Å². The average Bonchev–Trinajstić information content (AvgIpc) is 2.80. The van der Waals surface area contributed by atoms with Gasteiger partial charge in [0.15, 0.2) is 0 Å². The van der Waals surface area contributed by atoms with Gasteiger partial charge in [-0.1, -0.05) is 67.8 Å². The predicted molar refractivity (Wildman–Crippen MR) is 124 cm³/mol. The highest BCUT2D eigenvalue weighted by atomic mass is 16.6. The molecule has 3 aromatic rings. The first-order valence-corrected chi connectivity index (χ1v) is 10.1. The van der Waals surface area contributed by atoms with Crippen molar-refractivity contribution in [1.82, 2.24) is 0 Å². The lowest BCUT2D eigenvalue weighted by Crippen LogP contribution is -2.15. The molecule has 158 valence electrons. The van der Waals surface area contributed by atoms with Crippen molar-refractivity contribution in [2.75, 3.05) is 6.61 Å². The minimum atomic E-state index is -1.01. The monoisotopic (exact) mass is 414 g/mol. The Morgan fingerprint density at radius 2 is 1.55 bits per heavy atom. The molecule has 0 radical (unpaired) electrons. The van der Waals surface area contributed by atoms with E-state index in [0.29, 0.717) is 24.4 Å². The van der Waals surface area contributed by atoms with Gasteiger partial charge in [0.2, 0.25) is 6.29 Å². The Morgan fingerprint density at radius 1 is 0.968 bits per heavy atom. The lowest BCUT2D eigenvalue weighted by atomic mass is 9.98. The first kappa shape index (κ1) is 22.1. The van der Waals surface area contributed by atoms with E-state index in [0.717, 1.165) is 27.8 Å². The van der Waals surface area contributed by atoms with Gasteiger partial charge in [-0.25, -0.2) is 4.79 Å². The molecular weight excluding hydrogens is 388 g/mol. The van der Waals surface area contributed by atoms with Gasteiger partial charge >= 0.3 is 5.97 Å². The van der Waals surface area contributed by atoms with Gasteiger partial charge in [0.05, 0.1) is 6.61 Å². The van der Waals surface area contributed by atoms with Crippen LogP contribution in [0.1, 0.15) is 12.5 Å². The van der Waals surface area contributed by atoms with Gasteiger partial charge in [0.25, 0.3) is 0 Å². The van der Waals surface area contributed by atoms with Crippen molar-refractivity contribution in [3.8, 4) is 28.0 Å². The van der Waals surface area contributed by atoms with Crippen LogP contribution < -0.4 is 4.74 Å². The Kier molecular flexibility index (Phi) is 7.41. The molecule has 0 fully saturated rings. The number of carbonyl (C=O) groups excluding carboxylic acids is 1. The molecule has 0 aromatic heterocycles. The molecule has 0 aliphatic heterocycles. The van der Waals surface area contributed by atoms with E-state index in [1.165, 1.54) is 6.08 Å². The zero-order valence-electron chi connectivity index (χ0n) is 17.6. The number of rotatable bonds is 9. The fourth-order valence-electron chi connectivity index (χ4n) is 3.03. The number of benzene rings is 3. The third-order valence-corrected chi connectivity index (χ3v) is 4.81. The fourth-order valence-corrected chi connectivity index (χ4v) is 3.03. The van der Waals surface area contributed by atoms with Crippen LogP contribution in [0.3, 0.4) is 0 Å². The van der Waals surface area contributed by atoms with Crippen LogP contribution in [-0.2, 0) is 16.0 Å². The van der Waals surface area contributed by atoms with Gasteiger partial charge in [-0.15, -0.1) is 0 Å². The lowest BCUT2D eigenvalue weighted by Gasteiger charge is -2.13. The topological polar surface area (TPSA) is 55.8 Å². The van der Waals surface area contributed by atoms with E-state index in [1.54, 1.807) is 6.92 Å². The second-order valence-electron chi connectivity index (χ2n) is 7.24. The van der Waals surface area contributed by atoms with E-state index in [1.807, 2.05) is 42.5 Å². The number of esters is 1. The van der Waals surface area contributed by atoms with Crippen molar-refractivity contribution in [2.24, 2.45) is 0 Å². The van der Waals surface area contributed by atoms with Gasteiger partial charge in [0, 0.05) is 12.5 Å². The summed E-state index contributed by atoms with van der Waals surface area (Å²) in [5.74, 6) is 0.185. The molecule has 0 saturated carbocycles. The normalized spacial score (nSPS) is 11.4. The Labute approximate surface area is 183 Å². The third-order valence-electron chi connectivity index (χ3n) is 4.81. The zero-order valence-corrected chi connectivity index (χ0v) is 17.6. The predicted octanol–water partition coefficient (Wildman–Crippen LogP) is 5.57. The second kappa shape index (κ2) is 10.4. The highest BCUT2D eigenvalue weighted by molar-refractivity contribution is 5.81. The first-order valence-electron chi connectivity index (χ1n) is 10.1. The molecule has 3 rings (SSSR count). The van der Waals surface area contributed by atoms with Gasteiger partial charge in [-0.2, -0.15) is 0 Å². The summed E-state index contributed by atoms with van der Waals surface area (Å²) in [7, 11) is 0. The van der Waals surface area contributed by atoms with Crippen molar-refractivity contribution in [1.29, 1.82) is 0 Å². The molecule has 0 aliphatic rings. The number of aliphatic hydroxyl groups excluding tert-OH is 1. The fraction of sp³-hybridized carbons (Fsp3) is 0.148. The molecule has 1 N–H and O–H groups in total. The lowest BCUT2D eigenvalue weighted by molar-refractivity contribution is -0.137. The smallest absolute Gasteiger partial charge is 0.330 e.